The molecule has 4 nitrogen and oxygen atoms in total. The van der Waals surface area contributed by atoms with E-state index in [1.54, 1.807) is 0 Å². The van der Waals surface area contributed by atoms with Gasteiger partial charge < -0.3 is 15.4 Å². The highest BCUT2D eigenvalue weighted by molar-refractivity contribution is 6.01. The molecule has 1 aromatic heterocycles. The molecule has 0 fully saturated rings. The van der Waals surface area contributed by atoms with Crippen molar-refractivity contribution in [2.24, 2.45) is 0 Å². The fraction of sp³-hybridized carbons (Fsp3) is 0.179. The van der Waals surface area contributed by atoms with Gasteiger partial charge >= 0.3 is 0 Å². The summed E-state index contributed by atoms with van der Waals surface area (Å²) in [6, 6.07) is 25.8. The van der Waals surface area contributed by atoms with Gasteiger partial charge in [0.05, 0.1) is 11.5 Å². The van der Waals surface area contributed by atoms with Gasteiger partial charge in [0.15, 0.2) is 0 Å². The molecule has 1 aliphatic rings. The molecule has 0 saturated carbocycles. The van der Waals surface area contributed by atoms with Gasteiger partial charge in [0.25, 0.3) is 5.91 Å². The monoisotopic (exact) mass is 422 g/mol. The Bertz CT molecular complexity index is 1350. The number of aromatic nitrogens is 1. The Morgan fingerprint density at radius 1 is 0.906 bits per heavy atom. The van der Waals surface area contributed by atoms with E-state index in [9.17, 15) is 9.90 Å². The molecule has 1 aliphatic heterocycles. The molecule has 160 valence electrons. The van der Waals surface area contributed by atoms with E-state index in [0.29, 0.717) is 5.57 Å². The van der Waals surface area contributed by atoms with Crippen molar-refractivity contribution in [3.63, 3.8) is 0 Å². The lowest BCUT2D eigenvalue weighted by molar-refractivity contribution is -0.118. The van der Waals surface area contributed by atoms with Gasteiger partial charge in [-0.15, -0.1) is 0 Å². The molecular formula is C28H26N2O2. The average molecular weight is 423 g/mol. The van der Waals surface area contributed by atoms with Crippen molar-refractivity contribution < 1.29 is 9.90 Å². The minimum atomic E-state index is -0.975. The summed E-state index contributed by atoms with van der Waals surface area (Å²) in [6.07, 6.45) is 0. The summed E-state index contributed by atoms with van der Waals surface area (Å²) in [5, 5.41) is 15.7. The van der Waals surface area contributed by atoms with Crippen molar-refractivity contribution in [1.29, 1.82) is 0 Å². The smallest absolute Gasteiger partial charge is 0.252 e. The molecule has 1 unspecified atom stereocenters. The van der Waals surface area contributed by atoms with Gasteiger partial charge in [0, 0.05) is 16.6 Å². The third-order valence-electron chi connectivity index (χ3n) is 6.65. The summed E-state index contributed by atoms with van der Waals surface area (Å²) >= 11 is 0. The molecule has 2 atom stereocenters. The highest BCUT2D eigenvalue weighted by atomic mass is 16.3. The fourth-order valence-electron chi connectivity index (χ4n) is 4.86. The molecule has 0 aliphatic carbocycles. The molecule has 32 heavy (non-hydrogen) atoms. The summed E-state index contributed by atoms with van der Waals surface area (Å²) in [5.41, 5.74) is 5.40. The Morgan fingerprint density at radius 2 is 1.56 bits per heavy atom. The lowest BCUT2D eigenvalue weighted by atomic mass is 9.83. The van der Waals surface area contributed by atoms with Crippen molar-refractivity contribution in [1.82, 2.24) is 10.3 Å². The number of carbonyl (C=O) groups is 1. The summed E-state index contributed by atoms with van der Waals surface area (Å²) in [4.78, 5) is 17.0. The zero-order chi connectivity index (χ0) is 22.5. The molecule has 1 amide bonds. The van der Waals surface area contributed by atoms with Gasteiger partial charge in [-0.2, -0.15) is 0 Å². The number of amides is 1. The van der Waals surface area contributed by atoms with E-state index in [1.807, 2.05) is 67.6 Å². The number of hydrogen-bond donors (Lipinski definition) is 3. The van der Waals surface area contributed by atoms with Gasteiger partial charge in [0.2, 0.25) is 0 Å². The number of aliphatic hydroxyl groups excluding tert-OH is 1. The zero-order valence-corrected chi connectivity index (χ0v) is 18.4. The molecule has 4 heteroatoms. The van der Waals surface area contributed by atoms with E-state index in [4.69, 9.17) is 0 Å². The van der Waals surface area contributed by atoms with Gasteiger partial charge in [-0.25, -0.2) is 0 Å². The Labute approximate surface area is 187 Å². The fourth-order valence-corrected chi connectivity index (χ4v) is 4.86. The van der Waals surface area contributed by atoms with E-state index in [2.05, 4.69) is 42.3 Å². The lowest BCUT2D eigenvalue weighted by Crippen LogP contribution is -2.39. The number of aromatic amines is 1. The van der Waals surface area contributed by atoms with Crippen molar-refractivity contribution in [2.75, 3.05) is 0 Å². The summed E-state index contributed by atoms with van der Waals surface area (Å²) in [7, 11) is 0. The Morgan fingerprint density at radius 3 is 2.25 bits per heavy atom. The second-order valence-corrected chi connectivity index (χ2v) is 8.76. The first-order valence-corrected chi connectivity index (χ1v) is 10.9. The second-order valence-electron chi connectivity index (χ2n) is 8.76. The van der Waals surface area contributed by atoms with E-state index < -0.39 is 11.5 Å². The summed E-state index contributed by atoms with van der Waals surface area (Å²) in [6.45, 7) is 5.99. The molecule has 0 saturated heterocycles. The Balaban J connectivity index is 1.76. The van der Waals surface area contributed by atoms with Gasteiger partial charge in [-0.1, -0.05) is 72.8 Å². The topological polar surface area (TPSA) is 65.1 Å². The number of nitrogens with one attached hydrogen (secondary N) is 2. The van der Waals surface area contributed by atoms with Crippen LogP contribution in [-0.4, -0.2) is 16.0 Å². The predicted molar refractivity (Wildman–Crippen MR) is 128 cm³/mol. The van der Waals surface area contributed by atoms with Crippen LogP contribution in [0.5, 0.6) is 0 Å². The van der Waals surface area contributed by atoms with Crippen LogP contribution in [0, 0.1) is 13.8 Å². The van der Waals surface area contributed by atoms with E-state index in [1.165, 1.54) is 5.56 Å². The molecule has 4 aromatic rings. The number of aliphatic hydroxyl groups is 1. The molecule has 3 aromatic carbocycles. The number of fused-ring (bicyclic) bond motifs is 1. The first-order chi connectivity index (χ1) is 15.4. The van der Waals surface area contributed by atoms with Crippen LogP contribution in [0.3, 0.4) is 0 Å². The SMILES string of the molecule is Cc1ccc2c(C)c(C(C3=C(O)[C@@](C)(c4ccccc4)NC3=O)c3ccccc3)[nH]c2c1. The second kappa shape index (κ2) is 7.41. The van der Waals surface area contributed by atoms with Gasteiger partial charge in [0.1, 0.15) is 11.3 Å². The van der Waals surface area contributed by atoms with Crippen molar-refractivity contribution in [2.45, 2.75) is 32.2 Å². The third-order valence-corrected chi connectivity index (χ3v) is 6.65. The van der Waals surface area contributed by atoms with E-state index >= 15 is 0 Å². The van der Waals surface area contributed by atoms with Crippen molar-refractivity contribution in [3.05, 3.63) is 118 Å². The standard InChI is InChI=1S/C28H26N2O2/c1-17-14-15-21-18(2)25(29-22(21)16-17)23(19-10-6-4-7-11-19)24-26(31)28(3,30-27(24)32)20-12-8-5-9-13-20/h4-16,23,29,31H,1-3H3,(H,30,32)/t23?,28-/m1/s1. The van der Waals surface area contributed by atoms with Crippen LogP contribution in [0.2, 0.25) is 0 Å². The molecule has 0 bridgehead atoms. The zero-order valence-electron chi connectivity index (χ0n) is 18.4. The molecule has 2 heterocycles. The van der Waals surface area contributed by atoms with Crippen LogP contribution in [0.15, 0.2) is 90.2 Å². The third kappa shape index (κ3) is 3.02. The number of aryl methyl sites for hydroxylation is 2. The number of rotatable bonds is 4. The Hall–Kier alpha value is -3.79. The highest BCUT2D eigenvalue weighted by Gasteiger charge is 2.46. The van der Waals surface area contributed by atoms with Gasteiger partial charge in [-0.05, 0) is 49.1 Å². The lowest BCUT2D eigenvalue weighted by Gasteiger charge is -2.25. The largest absolute Gasteiger partial charge is 0.509 e. The van der Waals surface area contributed by atoms with Crippen LogP contribution >= 0.6 is 0 Å². The van der Waals surface area contributed by atoms with Crippen molar-refractivity contribution in [3.8, 4) is 0 Å². The number of benzene rings is 3. The van der Waals surface area contributed by atoms with Gasteiger partial charge in [-0.3, -0.25) is 4.79 Å². The molecule has 5 rings (SSSR count). The van der Waals surface area contributed by atoms with Crippen molar-refractivity contribution >= 4 is 16.8 Å². The highest BCUT2D eigenvalue weighted by Crippen LogP contribution is 2.44. The van der Waals surface area contributed by atoms with Crippen LogP contribution in [0.1, 0.15) is 40.8 Å². The molecule has 3 N–H and O–H groups in total. The average Bonchev–Trinajstić information content (AvgIpc) is 3.24. The molecule has 0 spiro atoms. The molecule has 0 radical (unpaired) electrons. The van der Waals surface area contributed by atoms with E-state index in [0.717, 1.165) is 33.3 Å². The maximum absolute atomic E-state index is 13.4. The maximum Gasteiger partial charge on any atom is 0.252 e. The minimum Gasteiger partial charge on any atom is -0.509 e. The summed E-state index contributed by atoms with van der Waals surface area (Å²) < 4.78 is 0. The van der Waals surface area contributed by atoms with Crippen LogP contribution < -0.4 is 5.32 Å². The quantitative estimate of drug-likeness (QED) is 0.391. The Kier molecular flexibility index (Phi) is 4.66. The normalized spacial score (nSPS) is 19.4. The number of hydrogen-bond acceptors (Lipinski definition) is 2. The first kappa shape index (κ1) is 20.1. The molecular weight excluding hydrogens is 396 g/mol. The predicted octanol–water partition coefficient (Wildman–Crippen LogP) is 5.77. The summed E-state index contributed by atoms with van der Waals surface area (Å²) in [5.74, 6) is -0.608. The number of H-pyrrole nitrogens is 1. The minimum absolute atomic E-state index is 0.0665. The van der Waals surface area contributed by atoms with Crippen LogP contribution in [0.4, 0.5) is 0 Å². The first-order valence-electron chi connectivity index (χ1n) is 10.9. The maximum atomic E-state index is 13.4. The van der Waals surface area contributed by atoms with Crippen LogP contribution in [0.25, 0.3) is 10.9 Å². The van der Waals surface area contributed by atoms with E-state index in [-0.39, 0.29) is 11.7 Å². The number of carbonyl (C=O) groups excluding carboxylic acids is 1. The van der Waals surface area contributed by atoms with Crippen LogP contribution in [-0.2, 0) is 10.3 Å².